The van der Waals surface area contributed by atoms with Gasteiger partial charge in [-0.15, -0.1) is 0 Å². The van der Waals surface area contributed by atoms with Crippen LogP contribution in [0.5, 0.6) is 0 Å². The Bertz CT molecular complexity index is 370. The third-order valence-electron chi connectivity index (χ3n) is 4.17. The van der Waals surface area contributed by atoms with E-state index in [1.54, 1.807) is 0 Å². The van der Waals surface area contributed by atoms with Gasteiger partial charge in [0.15, 0.2) is 0 Å². The predicted molar refractivity (Wildman–Crippen MR) is 69.8 cm³/mol. The molecule has 1 heterocycles. The summed E-state index contributed by atoms with van der Waals surface area (Å²) in [6, 6.07) is 1.60. The Hall–Kier alpha value is -1.01. The molecule has 0 amide bonds. The molecular weight excluding hydrogens is 271 g/mol. The van der Waals surface area contributed by atoms with Crippen molar-refractivity contribution in [1.82, 2.24) is 4.57 Å². The number of halogens is 4. The standard InChI is InChI=1S/C13H21N2.BF4/c1-2-6-12(5-1)14-9-10-15(11-14)13-7-3-4-8-13;2-1(3,4)5/h9-13H,1-8H2;/q+1;-1. The minimum Gasteiger partial charge on any atom is -0.418 e. The molecule has 3 rings (SSSR count). The zero-order valence-electron chi connectivity index (χ0n) is 11.5. The lowest BCUT2D eigenvalue weighted by Gasteiger charge is -2.05. The molecule has 0 radical (unpaired) electrons. The fraction of sp³-hybridized carbons (Fsp3) is 0.769. The highest BCUT2D eigenvalue weighted by molar-refractivity contribution is 6.50. The van der Waals surface area contributed by atoms with Gasteiger partial charge in [0.05, 0.1) is 0 Å². The van der Waals surface area contributed by atoms with Crippen molar-refractivity contribution in [3.63, 3.8) is 0 Å². The first kappa shape index (κ1) is 15.4. The lowest BCUT2D eigenvalue weighted by Crippen LogP contribution is -2.35. The van der Waals surface area contributed by atoms with Crippen molar-refractivity contribution in [2.24, 2.45) is 0 Å². The van der Waals surface area contributed by atoms with E-state index in [4.69, 9.17) is 0 Å². The van der Waals surface area contributed by atoms with E-state index < -0.39 is 7.25 Å². The van der Waals surface area contributed by atoms with Gasteiger partial charge in [-0.05, 0) is 51.4 Å². The van der Waals surface area contributed by atoms with Crippen LogP contribution in [0, 0.1) is 0 Å². The molecule has 20 heavy (non-hydrogen) atoms. The summed E-state index contributed by atoms with van der Waals surface area (Å²) in [5, 5.41) is 0. The normalized spacial score (nSPS) is 21.0. The van der Waals surface area contributed by atoms with Crippen LogP contribution in [-0.4, -0.2) is 11.8 Å². The van der Waals surface area contributed by atoms with E-state index in [1.807, 2.05) is 0 Å². The molecule has 0 unspecified atom stereocenters. The fourth-order valence-electron chi connectivity index (χ4n) is 3.22. The van der Waals surface area contributed by atoms with Gasteiger partial charge in [0.1, 0.15) is 24.5 Å². The van der Waals surface area contributed by atoms with Crippen LogP contribution in [0.15, 0.2) is 18.7 Å². The minimum atomic E-state index is -6.00. The number of rotatable bonds is 2. The summed E-state index contributed by atoms with van der Waals surface area (Å²) in [5.74, 6) is 0. The molecule has 7 heteroatoms. The maximum Gasteiger partial charge on any atom is 0.673 e. The molecule has 0 aliphatic heterocycles. The van der Waals surface area contributed by atoms with Crippen molar-refractivity contribution in [1.29, 1.82) is 0 Å². The van der Waals surface area contributed by atoms with Crippen LogP contribution in [0.4, 0.5) is 17.3 Å². The summed E-state index contributed by atoms with van der Waals surface area (Å²) in [4.78, 5) is 0. The third kappa shape index (κ3) is 4.83. The maximum absolute atomic E-state index is 9.75. The second-order valence-corrected chi connectivity index (χ2v) is 5.68. The first-order valence-corrected chi connectivity index (χ1v) is 7.39. The van der Waals surface area contributed by atoms with E-state index in [9.17, 15) is 17.3 Å². The highest BCUT2D eigenvalue weighted by atomic mass is 19.5. The summed E-state index contributed by atoms with van der Waals surface area (Å²) >= 11 is 0. The molecule has 1 aromatic heterocycles. The molecule has 114 valence electrons. The van der Waals surface area contributed by atoms with Gasteiger partial charge in [-0.25, -0.2) is 9.13 Å². The van der Waals surface area contributed by atoms with Gasteiger partial charge in [0.2, 0.25) is 6.33 Å². The van der Waals surface area contributed by atoms with Crippen molar-refractivity contribution in [3.8, 4) is 0 Å². The molecule has 1 aromatic rings. The molecule has 0 aromatic carbocycles. The van der Waals surface area contributed by atoms with Gasteiger partial charge in [0.25, 0.3) is 0 Å². The zero-order chi connectivity index (χ0) is 14.6. The van der Waals surface area contributed by atoms with E-state index >= 15 is 0 Å². The average molecular weight is 292 g/mol. The van der Waals surface area contributed by atoms with Gasteiger partial charge >= 0.3 is 7.25 Å². The SMILES string of the molecule is F[B-](F)(F)F.c1c[n+](C2CCCC2)cn1C1CCCC1. The topological polar surface area (TPSA) is 8.81 Å². The number of hydrogen-bond acceptors (Lipinski definition) is 0. The molecule has 0 saturated heterocycles. The monoisotopic (exact) mass is 292 g/mol. The van der Waals surface area contributed by atoms with Crippen LogP contribution in [-0.2, 0) is 0 Å². The summed E-state index contributed by atoms with van der Waals surface area (Å²) in [7, 11) is -6.00. The van der Waals surface area contributed by atoms with Crippen molar-refractivity contribution in [2.75, 3.05) is 0 Å². The molecule has 0 atom stereocenters. The second-order valence-electron chi connectivity index (χ2n) is 5.68. The Morgan fingerprint density at radius 3 is 1.95 bits per heavy atom. The van der Waals surface area contributed by atoms with E-state index in [0.717, 1.165) is 12.1 Å². The lowest BCUT2D eigenvalue weighted by molar-refractivity contribution is -0.721. The first-order chi connectivity index (χ1) is 9.43. The molecule has 2 fully saturated rings. The lowest BCUT2D eigenvalue weighted by atomic mass is 10.2. The van der Waals surface area contributed by atoms with Gasteiger partial charge in [-0.3, -0.25) is 0 Å². The van der Waals surface area contributed by atoms with Crippen molar-refractivity contribution >= 4 is 7.25 Å². The van der Waals surface area contributed by atoms with Crippen LogP contribution >= 0.6 is 0 Å². The van der Waals surface area contributed by atoms with Gasteiger partial charge in [-0.1, -0.05) is 0 Å². The first-order valence-electron chi connectivity index (χ1n) is 7.39. The predicted octanol–water partition coefficient (Wildman–Crippen LogP) is 4.31. The van der Waals surface area contributed by atoms with Crippen LogP contribution < -0.4 is 4.57 Å². The molecule has 0 N–H and O–H groups in total. The van der Waals surface area contributed by atoms with Crippen molar-refractivity contribution in [2.45, 2.75) is 63.5 Å². The molecule has 0 bridgehead atoms. The fourth-order valence-corrected chi connectivity index (χ4v) is 3.22. The van der Waals surface area contributed by atoms with Crippen LogP contribution in [0.3, 0.4) is 0 Å². The molecule has 2 aliphatic carbocycles. The third-order valence-corrected chi connectivity index (χ3v) is 4.17. The van der Waals surface area contributed by atoms with Gasteiger partial charge in [0, 0.05) is 0 Å². The number of nitrogens with zero attached hydrogens (tertiary/aromatic N) is 2. The molecular formula is C13H21BF4N2. The van der Waals surface area contributed by atoms with E-state index in [2.05, 4.69) is 27.9 Å². The summed E-state index contributed by atoms with van der Waals surface area (Å²) in [6.07, 6.45) is 18.2. The molecule has 2 nitrogen and oxygen atoms in total. The zero-order valence-corrected chi connectivity index (χ0v) is 11.5. The van der Waals surface area contributed by atoms with E-state index in [1.165, 1.54) is 51.4 Å². The van der Waals surface area contributed by atoms with Crippen LogP contribution in [0.25, 0.3) is 0 Å². The average Bonchev–Trinajstić information content (AvgIpc) is 3.10. The Kier molecular flexibility index (Phi) is 5.10. The highest BCUT2D eigenvalue weighted by Gasteiger charge is 2.25. The number of imidazole rings is 1. The maximum atomic E-state index is 9.75. The van der Waals surface area contributed by atoms with Gasteiger partial charge < -0.3 is 17.3 Å². The van der Waals surface area contributed by atoms with Crippen LogP contribution in [0.2, 0.25) is 0 Å². The Balaban J connectivity index is 0.000000257. The van der Waals surface area contributed by atoms with E-state index in [-0.39, 0.29) is 0 Å². The second kappa shape index (κ2) is 6.63. The Morgan fingerprint density at radius 1 is 0.900 bits per heavy atom. The summed E-state index contributed by atoms with van der Waals surface area (Å²) in [5.41, 5.74) is 0. The van der Waals surface area contributed by atoms with Gasteiger partial charge in [-0.2, -0.15) is 0 Å². The quantitative estimate of drug-likeness (QED) is 0.436. The molecule has 2 aliphatic rings. The number of aromatic nitrogens is 2. The molecule has 0 spiro atoms. The molecule has 2 saturated carbocycles. The van der Waals surface area contributed by atoms with Crippen LogP contribution in [0.1, 0.15) is 63.5 Å². The van der Waals surface area contributed by atoms with Crippen molar-refractivity contribution < 1.29 is 21.8 Å². The summed E-state index contributed by atoms with van der Waals surface area (Å²) < 4.78 is 43.9. The smallest absolute Gasteiger partial charge is 0.418 e. The van der Waals surface area contributed by atoms with E-state index in [0.29, 0.717) is 0 Å². The Morgan fingerprint density at radius 2 is 1.40 bits per heavy atom. The minimum absolute atomic E-state index is 0.799. The number of hydrogen-bond donors (Lipinski definition) is 0. The summed E-state index contributed by atoms with van der Waals surface area (Å²) in [6.45, 7) is 0. The highest BCUT2D eigenvalue weighted by Crippen LogP contribution is 2.29. The Labute approximate surface area is 116 Å². The van der Waals surface area contributed by atoms with Crippen molar-refractivity contribution in [3.05, 3.63) is 18.7 Å². The largest absolute Gasteiger partial charge is 0.673 e.